The third-order valence-corrected chi connectivity index (χ3v) is 4.18. The first-order valence-corrected chi connectivity index (χ1v) is 8.07. The molecule has 0 aromatic carbocycles. The lowest BCUT2D eigenvalue weighted by molar-refractivity contribution is 0.0947. The standard InChI is InChI=1S/C16H24N4O2/c1-22-14-6-5-13(16(21)18-11-12-3-4-12)19-15(14)20-9-2-7-17-8-10-20/h5-6,12,17H,2-4,7-11H2,1H3,(H,18,21). The zero-order chi connectivity index (χ0) is 15.4. The number of nitrogens with zero attached hydrogens (tertiary/aromatic N) is 2. The minimum Gasteiger partial charge on any atom is -0.493 e. The quantitative estimate of drug-likeness (QED) is 0.850. The topological polar surface area (TPSA) is 66.5 Å². The number of rotatable bonds is 5. The molecule has 1 aliphatic carbocycles. The molecule has 1 saturated carbocycles. The van der Waals surface area contributed by atoms with Crippen LogP contribution in [-0.2, 0) is 0 Å². The van der Waals surface area contributed by atoms with Gasteiger partial charge in [0.15, 0.2) is 11.6 Å². The molecule has 2 N–H and O–H groups in total. The molecular formula is C16H24N4O2. The molecule has 1 aromatic heterocycles. The molecular weight excluding hydrogens is 280 g/mol. The number of pyridine rings is 1. The Morgan fingerprint density at radius 2 is 2.27 bits per heavy atom. The van der Waals surface area contributed by atoms with Crippen molar-refractivity contribution < 1.29 is 9.53 Å². The third-order valence-electron chi connectivity index (χ3n) is 4.18. The highest BCUT2D eigenvalue weighted by Crippen LogP contribution is 2.28. The van der Waals surface area contributed by atoms with Crippen LogP contribution in [-0.4, -0.2) is 50.7 Å². The first-order chi connectivity index (χ1) is 10.8. The molecule has 2 heterocycles. The van der Waals surface area contributed by atoms with Gasteiger partial charge in [0.25, 0.3) is 5.91 Å². The Bertz CT molecular complexity index is 523. The number of nitrogens with one attached hydrogen (secondary N) is 2. The second-order valence-electron chi connectivity index (χ2n) is 5.97. The van der Waals surface area contributed by atoms with Crippen molar-refractivity contribution in [1.82, 2.24) is 15.6 Å². The second-order valence-corrected chi connectivity index (χ2v) is 5.97. The molecule has 22 heavy (non-hydrogen) atoms. The van der Waals surface area contributed by atoms with E-state index in [0.717, 1.165) is 50.7 Å². The van der Waals surface area contributed by atoms with Crippen LogP contribution in [0.4, 0.5) is 5.82 Å². The summed E-state index contributed by atoms with van der Waals surface area (Å²) < 4.78 is 5.43. The zero-order valence-corrected chi connectivity index (χ0v) is 13.1. The predicted octanol–water partition coefficient (Wildman–Crippen LogP) is 1.03. The normalized spacial score (nSPS) is 18.7. The number of ether oxygens (including phenoxy) is 1. The van der Waals surface area contributed by atoms with Crippen molar-refractivity contribution >= 4 is 11.7 Å². The van der Waals surface area contributed by atoms with Gasteiger partial charge in [-0.3, -0.25) is 4.79 Å². The van der Waals surface area contributed by atoms with Gasteiger partial charge in [0.05, 0.1) is 7.11 Å². The Morgan fingerprint density at radius 1 is 1.41 bits per heavy atom. The highest BCUT2D eigenvalue weighted by molar-refractivity contribution is 5.93. The number of aromatic nitrogens is 1. The fourth-order valence-electron chi connectivity index (χ4n) is 2.66. The number of amides is 1. The maximum atomic E-state index is 12.2. The Morgan fingerprint density at radius 3 is 3.05 bits per heavy atom. The van der Waals surface area contributed by atoms with Gasteiger partial charge in [-0.2, -0.15) is 0 Å². The van der Waals surface area contributed by atoms with Gasteiger partial charge in [-0.25, -0.2) is 4.98 Å². The molecule has 1 aliphatic heterocycles. The van der Waals surface area contributed by atoms with Gasteiger partial charge in [0, 0.05) is 26.2 Å². The van der Waals surface area contributed by atoms with Crippen LogP contribution < -0.4 is 20.3 Å². The van der Waals surface area contributed by atoms with E-state index in [9.17, 15) is 4.79 Å². The zero-order valence-electron chi connectivity index (χ0n) is 13.1. The van der Waals surface area contributed by atoms with E-state index in [2.05, 4.69) is 20.5 Å². The number of carbonyl (C=O) groups excluding carboxylic acids is 1. The average Bonchev–Trinajstić information content (AvgIpc) is 3.38. The van der Waals surface area contributed by atoms with Crippen LogP contribution in [0.1, 0.15) is 29.8 Å². The van der Waals surface area contributed by atoms with E-state index < -0.39 is 0 Å². The summed E-state index contributed by atoms with van der Waals surface area (Å²) in [6, 6.07) is 3.58. The average molecular weight is 304 g/mol. The maximum absolute atomic E-state index is 12.2. The van der Waals surface area contributed by atoms with Gasteiger partial charge in [-0.05, 0) is 43.9 Å². The second kappa shape index (κ2) is 6.96. The van der Waals surface area contributed by atoms with Crippen molar-refractivity contribution in [2.24, 2.45) is 5.92 Å². The Hall–Kier alpha value is -1.82. The summed E-state index contributed by atoms with van der Waals surface area (Å²) in [6.45, 7) is 4.48. The fraction of sp³-hybridized carbons (Fsp3) is 0.625. The van der Waals surface area contributed by atoms with Crippen LogP contribution in [0.5, 0.6) is 5.75 Å². The van der Waals surface area contributed by atoms with Crippen LogP contribution in [0, 0.1) is 5.92 Å². The van der Waals surface area contributed by atoms with Gasteiger partial charge in [-0.1, -0.05) is 0 Å². The van der Waals surface area contributed by atoms with E-state index in [4.69, 9.17) is 4.74 Å². The van der Waals surface area contributed by atoms with Crippen LogP contribution in [0.3, 0.4) is 0 Å². The molecule has 3 rings (SSSR count). The van der Waals surface area contributed by atoms with E-state index in [0.29, 0.717) is 11.6 Å². The van der Waals surface area contributed by atoms with Crippen molar-refractivity contribution in [3.63, 3.8) is 0 Å². The number of hydrogen-bond donors (Lipinski definition) is 2. The monoisotopic (exact) mass is 304 g/mol. The highest BCUT2D eigenvalue weighted by atomic mass is 16.5. The number of carbonyl (C=O) groups is 1. The Balaban J connectivity index is 1.76. The lowest BCUT2D eigenvalue weighted by Gasteiger charge is -2.23. The minimum atomic E-state index is -0.0938. The van der Waals surface area contributed by atoms with Gasteiger partial charge >= 0.3 is 0 Å². The summed E-state index contributed by atoms with van der Waals surface area (Å²) in [5, 5.41) is 6.34. The SMILES string of the molecule is COc1ccc(C(=O)NCC2CC2)nc1N1CCCNCC1. The lowest BCUT2D eigenvalue weighted by atomic mass is 10.2. The van der Waals surface area contributed by atoms with E-state index in [1.54, 1.807) is 13.2 Å². The summed E-state index contributed by atoms with van der Waals surface area (Å²) in [4.78, 5) is 19.0. The Kier molecular flexibility index (Phi) is 4.77. The Labute approximate surface area is 131 Å². The van der Waals surface area contributed by atoms with E-state index >= 15 is 0 Å². The summed E-state index contributed by atoms with van der Waals surface area (Å²) in [7, 11) is 1.64. The van der Waals surface area contributed by atoms with Gasteiger partial charge in [-0.15, -0.1) is 0 Å². The molecule has 2 fully saturated rings. The van der Waals surface area contributed by atoms with E-state index in [1.165, 1.54) is 12.8 Å². The van der Waals surface area contributed by atoms with E-state index in [-0.39, 0.29) is 5.91 Å². The highest BCUT2D eigenvalue weighted by Gasteiger charge is 2.23. The lowest BCUT2D eigenvalue weighted by Crippen LogP contribution is -2.31. The van der Waals surface area contributed by atoms with E-state index in [1.807, 2.05) is 6.07 Å². The number of anilines is 1. The maximum Gasteiger partial charge on any atom is 0.269 e. The molecule has 0 atom stereocenters. The largest absolute Gasteiger partial charge is 0.493 e. The first kappa shape index (κ1) is 15.1. The molecule has 1 amide bonds. The van der Waals surface area contributed by atoms with Crippen LogP contribution in [0.15, 0.2) is 12.1 Å². The third kappa shape index (κ3) is 3.68. The molecule has 0 radical (unpaired) electrons. The molecule has 0 unspecified atom stereocenters. The fourth-order valence-corrected chi connectivity index (χ4v) is 2.66. The van der Waals surface area contributed by atoms with Gasteiger partial charge < -0.3 is 20.3 Å². The van der Waals surface area contributed by atoms with Crippen molar-refractivity contribution in [1.29, 1.82) is 0 Å². The summed E-state index contributed by atoms with van der Waals surface area (Å²) in [6.07, 6.45) is 3.51. The van der Waals surface area contributed by atoms with Crippen molar-refractivity contribution in [2.75, 3.05) is 44.7 Å². The first-order valence-electron chi connectivity index (χ1n) is 8.07. The van der Waals surface area contributed by atoms with Crippen molar-refractivity contribution in [3.05, 3.63) is 17.8 Å². The molecule has 1 saturated heterocycles. The van der Waals surface area contributed by atoms with Gasteiger partial charge in [0.2, 0.25) is 0 Å². The molecule has 2 aliphatic rings. The molecule has 0 bridgehead atoms. The number of hydrogen-bond acceptors (Lipinski definition) is 5. The van der Waals surface area contributed by atoms with Crippen molar-refractivity contribution in [2.45, 2.75) is 19.3 Å². The summed E-state index contributed by atoms with van der Waals surface area (Å²) >= 11 is 0. The number of methoxy groups -OCH3 is 1. The predicted molar refractivity (Wildman–Crippen MR) is 85.5 cm³/mol. The summed E-state index contributed by atoms with van der Waals surface area (Å²) in [5.41, 5.74) is 0.466. The molecule has 0 spiro atoms. The molecule has 6 nitrogen and oxygen atoms in total. The van der Waals surface area contributed by atoms with Crippen LogP contribution in [0.25, 0.3) is 0 Å². The minimum absolute atomic E-state index is 0.0938. The molecule has 6 heteroatoms. The molecule has 1 aromatic rings. The summed E-state index contributed by atoms with van der Waals surface area (Å²) in [5.74, 6) is 2.06. The molecule has 120 valence electrons. The van der Waals surface area contributed by atoms with Crippen LogP contribution >= 0.6 is 0 Å². The van der Waals surface area contributed by atoms with Gasteiger partial charge in [0.1, 0.15) is 5.69 Å². The van der Waals surface area contributed by atoms with Crippen LogP contribution in [0.2, 0.25) is 0 Å². The van der Waals surface area contributed by atoms with Crippen molar-refractivity contribution in [3.8, 4) is 5.75 Å². The smallest absolute Gasteiger partial charge is 0.269 e.